The molecule has 4 nitrogen and oxygen atoms in total. The van der Waals surface area contributed by atoms with E-state index in [4.69, 9.17) is 11.6 Å². The highest BCUT2D eigenvalue weighted by Gasteiger charge is 2.07. The van der Waals surface area contributed by atoms with Gasteiger partial charge in [0.1, 0.15) is 0 Å². The molecule has 0 unspecified atom stereocenters. The molecule has 3 aromatic rings. The molecule has 0 aliphatic heterocycles. The Morgan fingerprint density at radius 2 is 1.96 bits per heavy atom. The van der Waals surface area contributed by atoms with Crippen molar-refractivity contribution in [3.63, 3.8) is 0 Å². The lowest BCUT2D eigenvalue weighted by atomic mass is 10.2. The van der Waals surface area contributed by atoms with E-state index in [9.17, 15) is 9.59 Å². The first-order chi connectivity index (χ1) is 12.0. The zero-order valence-corrected chi connectivity index (χ0v) is 15.2. The number of aromatic amines is 1. The largest absolute Gasteiger partial charge is 0.356 e. The third-order valence-corrected chi connectivity index (χ3v) is 4.99. The van der Waals surface area contributed by atoms with Crippen molar-refractivity contribution in [2.45, 2.75) is 12.7 Å². The highest BCUT2D eigenvalue weighted by Crippen LogP contribution is 2.20. The van der Waals surface area contributed by atoms with Crippen molar-refractivity contribution in [1.82, 2.24) is 4.98 Å². The van der Waals surface area contributed by atoms with Crippen molar-refractivity contribution in [3.8, 4) is 0 Å². The lowest BCUT2D eigenvalue weighted by Gasteiger charge is -2.07. The van der Waals surface area contributed by atoms with Crippen LogP contribution in [0.2, 0.25) is 5.02 Å². The summed E-state index contributed by atoms with van der Waals surface area (Å²) in [5.74, 6) is 0.754. The smallest absolute Gasteiger partial charge is 0.234 e. The number of rotatable bonds is 5. The van der Waals surface area contributed by atoms with Gasteiger partial charge in [0.25, 0.3) is 0 Å². The Balaban J connectivity index is 1.61. The van der Waals surface area contributed by atoms with Gasteiger partial charge < -0.3 is 10.3 Å². The maximum absolute atomic E-state index is 12.2. The minimum absolute atomic E-state index is 0.0732. The Hall–Kier alpha value is -2.24. The molecule has 1 heterocycles. The molecular weight excluding hydrogens is 356 g/mol. The zero-order chi connectivity index (χ0) is 17.8. The maximum atomic E-state index is 12.2. The van der Waals surface area contributed by atoms with E-state index in [0.29, 0.717) is 27.4 Å². The van der Waals surface area contributed by atoms with Crippen LogP contribution in [-0.4, -0.2) is 16.6 Å². The summed E-state index contributed by atoms with van der Waals surface area (Å²) in [5.41, 5.74) is 3.24. The van der Waals surface area contributed by atoms with Gasteiger partial charge in [-0.3, -0.25) is 9.59 Å². The first kappa shape index (κ1) is 17.6. The van der Waals surface area contributed by atoms with E-state index < -0.39 is 0 Å². The number of nitrogens with one attached hydrogen (secondary N) is 2. The van der Waals surface area contributed by atoms with Gasteiger partial charge in [-0.2, -0.15) is 0 Å². The molecule has 0 atom stereocenters. The molecule has 3 rings (SSSR count). The first-order valence-electron chi connectivity index (χ1n) is 7.77. The fraction of sp³-hybridized carbons (Fsp3) is 0.158. The summed E-state index contributed by atoms with van der Waals surface area (Å²) in [5, 5.41) is 3.93. The molecule has 6 heteroatoms. The number of halogens is 1. The second kappa shape index (κ2) is 7.76. The van der Waals surface area contributed by atoms with E-state index >= 15 is 0 Å². The van der Waals surface area contributed by atoms with E-state index in [1.165, 1.54) is 11.8 Å². The molecule has 0 saturated heterocycles. The second-order valence-corrected chi connectivity index (χ2v) is 7.12. The number of thioether (sulfide) groups is 1. The van der Waals surface area contributed by atoms with Gasteiger partial charge in [-0.25, -0.2) is 0 Å². The Labute approximate surface area is 154 Å². The standard InChI is InChI=1S/C19H17ClN2O2S/c1-12-5-7-13(8-6-12)21-18(24)11-25-10-14-9-17(23)15-3-2-4-16(20)19(15)22-14/h2-9H,10-11H2,1H3,(H,21,24)(H,22,23). The van der Waals surface area contributed by atoms with E-state index in [0.717, 1.165) is 16.9 Å². The molecule has 0 spiro atoms. The van der Waals surface area contributed by atoms with Gasteiger partial charge in [0.05, 0.1) is 16.3 Å². The molecule has 1 aromatic heterocycles. The first-order valence-corrected chi connectivity index (χ1v) is 9.31. The molecule has 128 valence electrons. The Morgan fingerprint density at radius 1 is 1.20 bits per heavy atom. The minimum Gasteiger partial charge on any atom is -0.356 e. The third kappa shape index (κ3) is 4.44. The van der Waals surface area contributed by atoms with Crippen molar-refractivity contribution >= 4 is 45.9 Å². The number of aromatic nitrogens is 1. The van der Waals surface area contributed by atoms with Crippen LogP contribution in [0.5, 0.6) is 0 Å². The van der Waals surface area contributed by atoms with Gasteiger partial charge in [-0.15, -0.1) is 11.8 Å². The Bertz CT molecular complexity index is 967. The summed E-state index contributed by atoms with van der Waals surface area (Å²) in [4.78, 5) is 27.3. The minimum atomic E-state index is -0.0741. The van der Waals surface area contributed by atoms with Crippen molar-refractivity contribution < 1.29 is 4.79 Å². The Morgan fingerprint density at radius 3 is 2.72 bits per heavy atom. The number of hydrogen-bond acceptors (Lipinski definition) is 3. The molecule has 1 amide bonds. The summed E-state index contributed by atoms with van der Waals surface area (Å²) < 4.78 is 0. The van der Waals surface area contributed by atoms with E-state index in [2.05, 4.69) is 10.3 Å². The Kier molecular flexibility index (Phi) is 5.46. The number of aryl methyl sites for hydroxylation is 1. The molecule has 0 aliphatic carbocycles. The van der Waals surface area contributed by atoms with E-state index in [1.54, 1.807) is 24.3 Å². The topological polar surface area (TPSA) is 62.0 Å². The molecule has 0 fully saturated rings. The number of amides is 1. The number of benzene rings is 2. The van der Waals surface area contributed by atoms with Crippen LogP contribution in [-0.2, 0) is 10.5 Å². The summed E-state index contributed by atoms with van der Waals surface area (Å²) in [7, 11) is 0. The zero-order valence-electron chi connectivity index (χ0n) is 13.6. The van der Waals surface area contributed by atoms with Gasteiger partial charge >= 0.3 is 0 Å². The van der Waals surface area contributed by atoms with Crippen LogP contribution in [0.1, 0.15) is 11.3 Å². The molecule has 0 aliphatic rings. The van der Waals surface area contributed by atoms with Gasteiger partial charge in [-0.1, -0.05) is 35.4 Å². The van der Waals surface area contributed by atoms with E-state index in [-0.39, 0.29) is 11.3 Å². The van der Waals surface area contributed by atoms with Crippen LogP contribution in [0.25, 0.3) is 10.9 Å². The number of H-pyrrole nitrogens is 1. The summed E-state index contributed by atoms with van der Waals surface area (Å²) in [6.07, 6.45) is 0. The normalized spacial score (nSPS) is 10.8. The van der Waals surface area contributed by atoms with Crippen LogP contribution >= 0.6 is 23.4 Å². The number of pyridine rings is 1. The number of anilines is 1. The van der Waals surface area contributed by atoms with Crippen LogP contribution in [0.4, 0.5) is 5.69 Å². The van der Waals surface area contributed by atoms with Gasteiger partial charge in [0, 0.05) is 28.6 Å². The number of fused-ring (bicyclic) bond motifs is 1. The lowest BCUT2D eigenvalue weighted by molar-refractivity contribution is -0.113. The number of carbonyl (C=O) groups excluding carboxylic acids is 1. The maximum Gasteiger partial charge on any atom is 0.234 e. The van der Waals surface area contributed by atoms with Crippen molar-refractivity contribution in [1.29, 1.82) is 0 Å². The lowest BCUT2D eigenvalue weighted by Crippen LogP contribution is -2.14. The number of carbonyl (C=O) groups is 1. The second-order valence-electron chi connectivity index (χ2n) is 5.73. The monoisotopic (exact) mass is 372 g/mol. The fourth-order valence-electron chi connectivity index (χ4n) is 2.45. The molecule has 0 saturated carbocycles. The molecule has 2 N–H and O–H groups in total. The highest BCUT2D eigenvalue weighted by atomic mass is 35.5. The van der Waals surface area contributed by atoms with Gasteiger partial charge in [0.2, 0.25) is 5.91 Å². The van der Waals surface area contributed by atoms with Crippen LogP contribution in [0, 0.1) is 6.92 Å². The van der Waals surface area contributed by atoms with Crippen molar-refractivity contribution in [2.24, 2.45) is 0 Å². The van der Waals surface area contributed by atoms with Crippen LogP contribution < -0.4 is 10.7 Å². The molecule has 0 radical (unpaired) electrons. The SMILES string of the molecule is Cc1ccc(NC(=O)CSCc2cc(=O)c3cccc(Cl)c3[nH]2)cc1. The molecular formula is C19H17ClN2O2S. The fourth-order valence-corrected chi connectivity index (χ4v) is 3.41. The van der Waals surface area contributed by atoms with E-state index in [1.807, 2.05) is 31.2 Å². The average Bonchev–Trinajstić information content (AvgIpc) is 2.58. The number of para-hydroxylation sites is 1. The average molecular weight is 373 g/mol. The number of hydrogen-bond donors (Lipinski definition) is 2. The third-order valence-electron chi connectivity index (χ3n) is 3.70. The molecule has 0 bridgehead atoms. The van der Waals surface area contributed by atoms with Crippen molar-refractivity contribution in [3.05, 3.63) is 75.0 Å². The highest BCUT2D eigenvalue weighted by molar-refractivity contribution is 7.99. The molecule has 2 aromatic carbocycles. The predicted octanol–water partition coefficient (Wildman–Crippen LogP) is 4.36. The van der Waals surface area contributed by atoms with Crippen LogP contribution in [0.15, 0.2) is 53.3 Å². The quantitative estimate of drug-likeness (QED) is 0.699. The van der Waals surface area contributed by atoms with Gasteiger partial charge in [-0.05, 0) is 31.2 Å². The van der Waals surface area contributed by atoms with Gasteiger partial charge in [0.15, 0.2) is 5.43 Å². The van der Waals surface area contributed by atoms with Crippen molar-refractivity contribution in [2.75, 3.05) is 11.1 Å². The summed E-state index contributed by atoms with van der Waals surface area (Å²) in [6.45, 7) is 2.00. The molecule has 25 heavy (non-hydrogen) atoms. The summed E-state index contributed by atoms with van der Waals surface area (Å²) in [6, 6.07) is 14.4. The predicted molar refractivity (Wildman–Crippen MR) is 106 cm³/mol. The summed E-state index contributed by atoms with van der Waals surface area (Å²) >= 11 is 7.58. The van der Waals surface area contributed by atoms with Crippen LogP contribution in [0.3, 0.4) is 0 Å².